The predicted octanol–water partition coefficient (Wildman–Crippen LogP) is 7.33. The van der Waals surface area contributed by atoms with Gasteiger partial charge in [-0.25, -0.2) is 0 Å². The minimum Gasteiger partial charge on any atom is -0.0623 e. The Morgan fingerprint density at radius 3 is 1.86 bits per heavy atom. The van der Waals surface area contributed by atoms with Crippen LogP contribution in [0.2, 0.25) is 0 Å². The molecule has 1 aliphatic rings. The molecule has 1 aliphatic carbocycles. The van der Waals surface area contributed by atoms with Gasteiger partial charge in [0.05, 0.1) is 0 Å². The van der Waals surface area contributed by atoms with Crippen LogP contribution in [0.25, 0.3) is 0 Å². The molecule has 0 bridgehead atoms. The van der Waals surface area contributed by atoms with Gasteiger partial charge in [0, 0.05) is 0 Å². The molecule has 126 valence electrons. The van der Waals surface area contributed by atoms with Crippen molar-refractivity contribution in [2.75, 3.05) is 0 Å². The predicted molar refractivity (Wildman–Crippen MR) is 96.5 cm³/mol. The Labute approximate surface area is 135 Å². The van der Waals surface area contributed by atoms with Crippen LogP contribution in [-0.2, 0) is 0 Å². The summed E-state index contributed by atoms with van der Waals surface area (Å²) in [7, 11) is 0. The van der Waals surface area contributed by atoms with E-state index in [0.717, 1.165) is 29.6 Å². The molecule has 0 nitrogen and oxygen atoms in total. The fourth-order valence-corrected chi connectivity index (χ4v) is 3.39. The van der Waals surface area contributed by atoms with E-state index in [0.29, 0.717) is 5.41 Å². The minimum atomic E-state index is 0.513. The van der Waals surface area contributed by atoms with Gasteiger partial charge in [-0.3, -0.25) is 0 Å². The molecule has 0 aliphatic heterocycles. The van der Waals surface area contributed by atoms with E-state index >= 15 is 0 Å². The highest BCUT2D eigenvalue weighted by Crippen LogP contribution is 2.37. The largest absolute Gasteiger partial charge is 0.0623 e. The van der Waals surface area contributed by atoms with E-state index in [1.807, 2.05) is 0 Å². The maximum absolute atomic E-state index is 2.50. The molecule has 1 rings (SSSR count). The van der Waals surface area contributed by atoms with Gasteiger partial charge in [-0.2, -0.15) is 0 Å². The molecular formula is C21H42. The molecular weight excluding hydrogens is 252 g/mol. The van der Waals surface area contributed by atoms with E-state index in [2.05, 4.69) is 48.5 Å². The summed E-state index contributed by atoms with van der Waals surface area (Å²) in [4.78, 5) is 0. The van der Waals surface area contributed by atoms with Crippen molar-refractivity contribution in [2.24, 2.45) is 35.0 Å². The van der Waals surface area contributed by atoms with Gasteiger partial charge in [0.15, 0.2) is 0 Å². The summed E-state index contributed by atoms with van der Waals surface area (Å²) < 4.78 is 0. The molecule has 1 saturated carbocycles. The monoisotopic (exact) mass is 294 g/mol. The van der Waals surface area contributed by atoms with Crippen LogP contribution in [0.5, 0.6) is 0 Å². The molecule has 0 radical (unpaired) electrons. The third-order valence-electron chi connectivity index (χ3n) is 6.81. The second-order valence-electron chi connectivity index (χ2n) is 9.22. The zero-order valence-corrected chi connectivity index (χ0v) is 16.0. The van der Waals surface area contributed by atoms with Crippen molar-refractivity contribution >= 4 is 0 Å². The Bertz CT molecular complexity index is 272. The topological polar surface area (TPSA) is 0 Å². The quantitative estimate of drug-likeness (QED) is 0.374. The van der Waals surface area contributed by atoms with Crippen molar-refractivity contribution in [1.29, 1.82) is 0 Å². The lowest BCUT2D eigenvalue weighted by atomic mass is 9.75. The van der Waals surface area contributed by atoms with Crippen LogP contribution >= 0.6 is 0 Å². The van der Waals surface area contributed by atoms with Crippen molar-refractivity contribution in [2.45, 2.75) is 99.8 Å². The van der Waals surface area contributed by atoms with Gasteiger partial charge < -0.3 is 0 Å². The zero-order chi connectivity index (χ0) is 16.0. The van der Waals surface area contributed by atoms with Crippen LogP contribution < -0.4 is 0 Å². The van der Waals surface area contributed by atoms with E-state index < -0.39 is 0 Å². The lowest BCUT2D eigenvalue weighted by Gasteiger charge is -2.31. The lowest BCUT2D eigenvalue weighted by Crippen LogP contribution is -2.21. The van der Waals surface area contributed by atoms with Crippen molar-refractivity contribution < 1.29 is 0 Å². The smallest absolute Gasteiger partial charge is 0.0331 e. The highest BCUT2D eigenvalue weighted by Gasteiger charge is 2.25. The second kappa shape index (κ2) is 8.59. The maximum atomic E-state index is 2.50. The van der Waals surface area contributed by atoms with Gasteiger partial charge in [-0.15, -0.1) is 0 Å². The van der Waals surface area contributed by atoms with Crippen molar-refractivity contribution in [3.8, 4) is 0 Å². The van der Waals surface area contributed by atoms with E-state index in [4.69, 9.17) is 0 Å². The molecule has 3 unspecified atom stereocenters. The normalized spacial score (nSPS) is 20.6. The Kier molecular flexibility index (Phi) is 7.79. The highest BCUT2D eigenvalue weighted by atomic mass is 14.3. The Hall–Kier alpha value is 0. The van der Waals surface area contributed by atoms with Crippen LogP contribution in [0.15, 0.2) is 0 Å². The maximum Gasteiger partial charge on any atom is -0.0331 e. The van der Waals surface area contributed by atoms with Gasteiger partial charge >= 0.3 is 0 Å². The molecule has 0 aromatic heterocycles. The Balaban J connectivity index is 2.17. The van der Waals surface area contributed by atoms with Gasteiger partial charge in [-0.05, 0) is 41.4 Å². The first kappa shape index (κ1) is 19.0. The molecule has 1 fully saturated rings. The van der Waals surface area contributed by atoms with Crippen LogP contribution in [0.4, 0.5) is 0 Å². The lowest BCUT2D eigenvalue weighted by molar-refractivity contribution is 0.198. The van der Waals surface area contributed by atoms with E-state index in [-0.39, 0.29) is 0 Å². The number of hydrogen-bond acceptors (Lipinski definition) is 0. The standard InChI is InChI=1S/C21H42/c1-16(2)21(6,7)15-9-11-18(4)19(5)17(3)10-8-12-20-13-14-20/h16-20H,8-15H2,1-7H3. The molecule has 0 aromatic carbocycles. The first-order chi connectivity index (χ1) is 9.74. The molecule has 3 atom stereocenters. The number of rotatable bonds is 11. The van der Waals surface area contributed by atoms with Crippen molar-refractivity contribution in [3.63, 3.8) is 0 Å². The summed E-state index contributed by atoms with van der Waals surface area (Å²) in [5.41, 5.74) is 0.513. The van der Waals surface area contributed by atoms with E-state index in [1.54, 1.807) is 0 Å². The molecule has 0 aromatic rings. The van der Waals surface area contributed by atoms with E-state index in [1.165, 1.54) is 51.4 Å². The third-order valence-corrected chi connectivity index (χ3v) is 6.81. The average molecular weight is 295 g/mol. The highest BCUT2D eigenvalue weighted by molar-refractivity contribution is 4.76. The summed E-state index contributed by atoms with van der Waals surface area (Å²) in [5.74, 6) is 4.61. The molecule has 0 spiro atoms. The van der Waals surface area contributed by atoms with Crippen molar-refractivity contribution in [3.05, 3.63) is 0 Å². The zero-order valence-electron chi connectivity index (χ0n) is 16.0. The average Bonchev–Trinajstić information content (AvgIpc) is 3.21. The van der Waals surface area contributed by atoms with Crippen molar-refractivity contribution in [1.82, 2.24) is 0 Å². The summed E-state index contributed by atoms with van der Waals surface area (Å²) in [6.07, 6.45) is 11.7. The van der Waals surface area contributed by atoms with Gasteiger partial charge in [-0.1, -0.05) is 93.4 Å². The molecule has 0 heteroatoms. The molecule has 0 saturated heterocycles. The third kappa shape index (κ3) is 7.20. The SMILES string of the molecule is CC(CCCC1CC1)C(C)C(C)CCCC(C)(C)C(C)C. The van der Waals surface area contributed by atoms with Crippen LogP contribution in [-0.4, -0.2) is 0 Å². The molecule has 21 heavy (non-hydrogen) atoms. The fourth-order valence-electron chi connectivity index (χ4n) is 3.39. The molecule has 0 heterocycles. The van der Waals surface area contributed by atoms with Gasteiger partial charge in [0.25, 0.3) is 0 Å². The first-order valence-electron chi connectivity index (χ1n) is 9.74. The molecule has 0 amide bonds. The molecule has 0 N–H and O–H groups in total. The van der Waals surface area contributed by atoms with E-state index in [9.17, 15) is 0 Å². The fraction of sp³-hybridized carbons (Fsp3) is 1.00. The van der Waals surface area contributed by atoms with Crippen LogP contribution in [0.1, 0.15) is 99.8 Å². The summed E-state index contributed by atoms with van der Waals surface area (Å²) in [6.45, 7) is 17.1. The van der Waals surface area contributed by atoms with Gasteiger partial charge in [0.2, 0.25) is 0 Å². The second-order valence-corrected chi connectivity index (χ2v) is 9.22. The Morgan fingerprint density at radius 1 is 0.857 bits per heavy atom. The summed E-state index contributed by atoms with van der Waals surface area (Å²) in [6, 6.07) is 0. The summed E-state index contributed by atoms with van der Waals surface area (Å²) >= 11 is 0. The minimum absolute atomic E-state index is 0.513. The summed E-state index contributed by atoms with van der Waals surface area (Å²) in [5, 5.41) is 0. The van der Waals surface area contributed by atoms with Crippen LogP contribution in [0.3, 0.4) is 0 Å². The van der Waals surface area contributed by atoms with Gasteiger partial charge in [0.1, 0.15) is 0 Å². The Morgan fingerprint density at radius 2 is 1.38 bits per heavy atom. The number of hydrogen-bond donors (Lipinski definition) is 0. The first-order valence-corrected chi connectivity index (χ1v) is 9.74. The van der Waals surface area contributed by atoms with Crippen LogP contribution in [0, 0.1) is 35.0 Å².